The molecule has 0 N–H and O–H groups in total. The van der Waals surface area contributed by atoms with E-state index < -0.39 is 11.7 Å². The minimum atomic E-state index is -0.537. The van der Waals surface area contributed by atoms with Gasteiger partial charge in [-0.05, 0) is 36.4 Å². The Balaban J connectivity index is 1.68. The number of ether oxygens (including phenoxy) is 2. The van der Waals surface area contributed by atoms with Crippen molar-refractivity contribution in [3.05, 3.63) is 58.0 Å². The first kappa shape index (κ1) is 16.1. The van der Waals surface area contributed by atoms with Gasteiger partial charge in [-0.2, -0.15) is 0 Å². The zero-order chi connectivity index (χ0) is 17.1. The monoisotopic (exact) mass is 347 g/mol. The van der Waals surface area contributed by atoms with Crippen LogP contribution < -0.4 is 15.2 Å². The van der Waals surface area contributed by atoms with Crippen LogP contribution in [0.3, 0.4) is 0 Å². The van der Waals surface area contributed by atoms with E-state index in [1.165, 1.54) is 4.57 Å². The van der Waals surface area contributed by atoms with Gasteiger partial charge in [-0.25, -0.2) is 4.79 Å². The Kier molecular flexibility index (Phi) is 4.57. The maximum absolute atomic E-state index is 11.9. The number of oxazole rings is 1. The summed E-state index contributed by atoms with van der Waals surface area (Å²) in [5.41, 5.74) is 0.970. The molecule has 7 heteroatoms. The Labute approximate surface area is 142 Å². The van der Waals surface area contributed by atoms with Gasteiger partial charge in [0, 0.05) is 17.6 Å². The summed E-state index contributed by atoms with van der Waals surface area (Å²) in [7, 11) is 1.56. The Bertz CT molecular complexity index is 926. The lowest BCUT2D eigenvalue weighted by molar-refractivity contribution is -0.134. The predicted octanol–water partition coefficient (Wildman–Crippen LogP) is 3.25. The first-order chi connectivity index (χ1) is 11.6. The zero-order valence-electron chi connectivity index (χ0n) is 12.8. The van der Waals surface area contributed by atoms with Crippen molar-refractivity contribution in [3.8, 4) is 11.5 Å². The van der Waals surface area contributed by atoms with E-state index in [1.807, 2.05) is 0 Å². The highest BCUT2D eigenvalue weighted by atomic mass is 35.5. The summed E-state index contributed by atoms with van der Waals surface area (Å²) in [6, 6.07) is 11.6. The molecular formula is C17H14ClNO5. The molecule has 0 fully saturated rings. The fourth-order valence-electron chi connectivity index (χ4n) is 2.28. The highest BCUT2D eigenvalue weighted by Crippen LogP contribution is 2.19. The van der Waals surface area contributed by atoms with Crippen molar-refractivity contribution >= 4 is 28.7 Å². The quantitative estimate of drug-likeness (QED) is 0.523. The first-order valence-corrected chi connectivity index (χ1v) is 7.58. The summed E-state index contributed by atoms with van der Waals surface area (Å²) in [5.74, 6) is 0.0988. The molecule has 0 aliphatic carbocycles. The molecule has 0 aliphatic heterocycles. The summed E-state index contributed by atoms with van der Waals surface area (Å²) >= 11 is 5.87. The number of halogens is 1. The third-order valence-electron chi connectivity index (χ3n) is 3.46. The molecule has 0 aliphatic rings. The van der Waals surface area contributed by atoms with Crippen molar-refractivity contribution in [2.24, 2.45) is 0 Å². The Morgan fingerprint density at radius 2 is 1.88 bits per heavy atom. The molecule has 3 rings (SSSR count). The Hall–Kier alpha value is -2.73. The number of fused-ring (bicyclic) bond motifs is 1. The molecule has 0 saturated heterocycles. The molecule has 24 heavy (non-hydrogen) atoms. The van der Waals surface area contributed by atoms with Crippen LogP contribution in [0.25, 0.3) is 11.1 Å². The van der Waals surface area contributed by atoms with Crippen LogP contribution >= 0.6 is 11.6 Å². The van der Waals surface area contributed by atoms with Gasteiger partial charge < -0.3 is 13.9 Å². The summed E-state index contributed by atoms with van der Waals surface area (Å²) in [5, 5.41) is 0.474. The number of aryl methyl sites for hydroxylation is 1. The average Bonchev–Trinajstić information content (AvgIpc) is 2.88. The lowest BCUT2D eigenvalue weighted by Crippen LogP contribution is -2.18. The van der Waals surface area contributed by atoms with Crippen molar-refractivity contribution in [2.75, 3.05) is 7.11 Å². The van der Waals surface area contributed by atoms with E-state index in [1.54, 1.807) is 49.6 Å². The topological polar surface area (TPSA) is 70.7 Å². The zero-order valence-corrected chi connectivity index (χ0v) is 13.6. The normalized spacial score (nSPS) is 10.8. The van der Waals surface area contributed by atoms with Crippen molar-refractivity contribution in [1.82, 2.24) is 4.57 Å². The number of methoxy groups -OCH3 is 1. The molecule has 6 nitrogen and oxygen atoms in total. The molecule has 0 unspecified atom stereocenters. The average molecular weight is 348 g/mol. The van der Waals surface area contributed by atoms with Crippen LogP contribution in [0, 0.1) is 0 Å². The number of nitrogens with zero attached hydrogens (tertiary/aromatic N) is 1. The van der Waals surface area contributed by atoms with E-state index in [2.05, 4.69) is 0 Å². The van der Waals surface area contributed by atoms with Crippen LogP contribution in [0.4, 0.5) is 0 Å². The van der Waals surface area contributed by atoms with Gasteiger partial charge in [0.05, 0.1) is 19.0 Å². The van der Waals surface area contributed by atoms with Crippen LogP contribution in [0.15, 0.2) is 51.7 Å². The molecule has 1 heterocycles. The van der Waals surface area contributed by atoms with E-state index in [4.69, 9.17) is 25.5 Å². The Morgan fingerprint density at radius 3 is 2.58 bits per heavy atom. The standard InChI is InChI=1S/C17H14ClNO5/c1-22-12-3-5-13(6-4-12)23-16(20)8-9-19-14-7-2-11(18)10-15(14)24-17(19)21/h2-7,10H,8-9H2,1H3. The number of carbonyl (C=O) groups is 1. The second-order valence-electron chi connectivity index (χ2n) is 5.03. The molecule has 0 amide bonds. The largest absolute Gasteiger partial charge is 0.497 e. The fraction of sp³-hybridized carbons (Fsp3) is 0.176. The van der Waals surface area contributed by atoms with Gasteiger partial charge in [0.15, 0.2) is 5.58 Å². The molecule has 0 bridgehead atoms. The van der Waals surface area contributed by atoms with Gasteiger partial charge in [-0.15, -0.1) is 0 Å². The molecule has 0 spiro atoms. The van der Waals surface area contributed by atoms with E-state index >= 15 is 0 Å². The Morgan fingerprint density at radius 1 is 1.17 bits per heavy atom. The van der Waals surface area contributed by atoms with Gasteiger partial charge >= 0.3 is 11.7 Å². The van der Waals surface area contributed by atoms with Crippen LogP contribution in [0.5, 0.6) is 11.5 Å². The summed E-state index contributed by atoms with van der Waals surface area (Å²) in [6.45, 7) is 0.155. The van der Waals surface area contributed by atoms with Gasteiger partial charge in [-0.3, -0.25) is 9.36 Å². The maximum atomic E-state index is 11.9. The van der Waals surface area contributed by atoms with E-state index in [-0.39, 0.29) is 13.0 Å². The van der Waals surface area contributed by atoms with Crippen molar-refractivity contribution in [1.29, 1.82) is 0 Å². The lowest BCUT2D eigenvalue weighted by Gasteiger charge is -2.06. The second kappa shape index (κ2) is 6.80. The van der Waals surface area contributed by atoms with Crippen molar-refractivity contribution in [3.63, 3.8) is 0 Å². The number of hydrogen-bond donors (Lipinski definition) is 0. The number of benzene rings is 2. The van der Waals surface area contributed by atoms with Gasteiger partial charge in [0.2, 0.25) is 0 Å². The highest BCUT2D eigenvalue weighted by molar-refractivity contribution is 6.31. The second-order valence-corrected chi connectivity index (χ2v) is 5.47. The van der Waals surface area contributed by atoms with Gasteiger partial charge in [0.1, 0.15) is 11.5 Å². The molecular weight excluding hydrogens is 334 g/mol. The number of hydrogen-bond acceptors (Lipinski definition) is 5. The molecule has 124 valence electrons. The van der Waals surface area contributed by atoms with Crippen molar-refractivity contribution < 1.29 is 18.7 Å². The van der Waals surface area contributed by atoms with Crippen molar-refractivity contribution in [2.45, 2.75) is 13.0 Å². The summed E-state index contributed by atoms with van der Waals surface area (Å²) in [6.07, 6.45) is 0.0309. The number of aromatic nitrogens is 1. The third kappa shape index (κ3) is 3.44. The van der Waals surface area contributed by atoms with E-state index in [0.717, 1.165) is 0 Å². The SMILES string of the molecule is COc1ccc(OC(=O)CCn2c(=O)oc3cc(Cl)ccc32)cc1. The van der Waals surface area contributed by atoms with Crippen LogP contribution in [-0.4, -0.2) is 17.6 Å². The van der Waals surface area contributed by atoms with Crippen LogP contribution in [0.1, 0.15) is 6.42 Å². The number of esters is 1. The van der Waals surface area contributed by atoms with Crippen LogP contribution in [-0.2, 0) is 11.3 Å². The fourth-order valence-corrected chi connectivity index (χ4v) is 2.44. The molecule has 0 radical (unpaired) electrons. The molecule has 3 aromatic rings. The van der Waals surface area contributed by atoms with E-state index in [0.29, 0.717) is 27.6 Å². The minimum Gasteiger partial charge on any atom is -0.497 e. The van der Waals surface area contributed by atoms with Gasteiger partial charge in [-0.1, -0.05) is 11.6 Å². The minimum absolute atomic E-state index is 0.0309. The van der Waals surface area contributed by atoms with Gasteiger partial charge in [0.25, 0.3) is 0 Å². The molecule has 0 saturated carbocycles. The van der Waals surface area contributed by atoms with Crippen LogP contribution in [0.2, 0.25) is 5.02 Å². The highest BCUT2D eigenvalue weighted by Gasteiger charge is 2.12. The number of rotatable bonds is 5. The number of carbonyl (C=O) groups excluding carboxylic acids is 1. The first-order valence-electron chi connectivity index (χ1n) is 7.20. The summed E-state index contributed by atoms with van der Waals surface area (Å²) in [4.78, 5) is 23.8. The molecule has 2 aromatic carbocycles. The van der Waals surface area contributed by atoms with E-state index in [9.17, 15) is 9.59 Å². The lowest BCUT2D eigenvalue weighted by atomic mass is 10.3. The third-order valence-corrected chi connectivity index (χ3v) is 3.70. The molecule has 1 aromatic heterocycles. The summed E-state index contributed by atoms with van der Waals surface area (Å²) < 4.78 is 16.7. The predicted molar refractivity (Wildman–Crippen MR) is 88.7 cm³/mol. The molecule has 0 atom stereocenters. The smallest absolute Gasteiger partial charge is 0.419 e. The maximum Gasteiger partial charge on any atom is 0.419 e.